The second-order valence-electron chi connectivity index (χ2n) is 5.60. The van der Waals surface area contributed by atoms with Crippen LogP contribution in [-0.2, 0) is 6.54 Å². The lowest BCUT2D eigenvalue weighted by molar-refractivity contribution is 0.323. The molecule has 1 aliphatic heterocycles. The molecular weight excluding hydrogens is 292 g/mol. The summed E-state index contributed by atoms with van der Waals surface area (Å²) in [6, 6.07) is 12.3. The molecule has 1 N–H and O–H groups in total. The van der Waals surface area contributed by atoms with Gasteiger partial charge in [-0.15, -0.1) is 11.3 Å². The summed E-state index contributed by atoms with van der Waals surface area (Å²) in [5, 5.41) is 5.52. The van der Waals surface area contributed by atoms with Gasteiger partial charge in [0.2, 0.25) is 0 Å². The van der Waals surface area contributed by atoms with Crippen molar-refractivity contribution in [1.29, 1.82) is 0 Å². The molecule has 22 heavy (non-hydrogen) atoms. The van der Waals surface area contributed by atoms with Crippen molar-refractivity contribution in [3.8, 4) is 0 Å². The van der Waals surface area contributed by atoms with Crippen molar-refractivity contribution in [2.45, 2.75) is 19.4 Å². The average molecular weight is 310 g/mol. The van der Waals surface area contributed by atoms with E-state index in [2.05, 4.69) is 33.8 Å². The molecule has 2 aromatic heterocycles. The van der Waals surface area contributed by atoms with E-state index in [1.807, 2.05) is 18.2 Å². The molecule has 3 heterocycles. The van der Waals surface area contributed by atoms with Gasteiger partial charge in [-0.25, -0.2) is 9.97 Å². The normalized spacial score (nSPS) is 15.5. The first-order chi connectivity index (χ1) is 10.9. The third-order valence-corrected chi connectivity index (χ3v) is 4.86. The van der Waals surface area contributed by atoms with Gasteiger partial charge in [-0.1, -0.05) is 18.2 Å². The number of anilines is 2. The molecule has 1 aliphatic rings. The van der Waals surface area contributed by atoms with Crippen LogP contribution in [0.1, 0.15) is 18.7 Å². The van der Waals surface area contributed by atoms with Gasteiger partial charge in [-0.05, 0) is 49.5 Å². The van der Waals surface area contributed by atoms with E-state index >= 15 is 0 Å². The van der Waals surface area contributed by atoms with Gasteiger partial charge in [0.25, 0.3) is 0 Å². The second kappa shape index (κ2) is 6.02. The topological polar surface area (TPSA) is 41.1 Å². The van der Waals surface area contributed by atoms with Crippen LogP contribution in [0, 0.1) is 0 Å². The van der Waals surface area contributed by atoms with E-state index in [1.54, 1.807) is 11.3 Å². The highest BCUT2D eigenvalue weighted by Gasteiger charge is 2.15. The van der Waals surface area contributed by atoms with Crippen molar-refractivity contribution in [1.82, 2.24) is 14.9 Å². The van der Waals surface area contributed by atoms with Crippen molar-refractivity contribution < 1.29 is 0 Å². The third-order valence-electron chi connectivity index (χ3n) is 3.95. The predicted molar refractivity (Wildman–Crippen MR) is 91.7 cm³/mol. The maximum Gasteiger partial charge on any atom is 0.152 e. The fourth-order valence-corrected chi connectivity index (χ4v) is 3.64. The summed E-state index contributed by atoms with van der Waals surface area (Å²) in [6.45, 7) is 3.16. The van der Waals surface area contributed by atoms with Crippen LogP contribution in [0.3, 0.4) is 0 Å². The second-order valence-corrected chi connectivity index (χ2v) is 6.51. The van der Waals surface area contributed by atoms with Crippen LogP contribution in [0.25, 0.3) is 10.2 Å². The molecule has 0 atom stereocenters. The van der Waals surface area contributed by atoms with Crippen LogP contribution in [0.5, 0.6) is 0 Å². The zero-order chi connectivity index (χ0) is 14.8. The smallest absolute Gasteiger partial charge is 0.152 e. The molecule has 0 amide bonds. The van der Waals surface area contributed by atoms with Crippen LogP contribution in [-0.4, -0.2) is 28.0 Å². The number of aromatic nitrogens is 2. The van der Waals surface area contributed by atoms with Crippen LogP contribution in [0.15, 0.2) is 41.8 Å². The number of fused-ring (bicyclic) bond motifs is 1. The Balaban J connectivity index is 1.67. The fraction of sp³-hybridized carbons (Fsp3) is 0.294. The van der Waals surface area contributed by atoms with Gasteiger partial charge in [-0.2, -0.15) is 0 Å². The Kier molecular flexibility index (Phi) is 3.74. The molecule has 0 aliphatic carbocycles. The Morgan fingerprint density at radius 2 is 1.86 bits per heavy atom. The third kappa shape index (κ3) is 2.82. The van der Waals surface area contributed by atoms with Crippen LogP contribution >= 0.6 is 11.3 Å². The molecule has 1 fully saturated rings. The van der Waals surface area contributed by atoms with E-state index in [0.717, 1.165) is 47.2 Å². The summed E-state index contributed by atoms with van der Waals surface area (Å²) >= 11 is 1.68. The first-order valence-electron chi connectivity index (χ1n) is 7.67. The zero-order valence-corrected chi connectivity index (χ0v) is 13.1. The molecule has 1 aromatic carbocycles. The van der Waals surface area contributed by atoms with Crippen molar-refractivity contribution in [2.24, 2.45) is 0 Å². The Bertz CT molecular complexity index is 763. The molecule has 4 rings (SSSR count). The number of likely N-dealkylation sites (tertiary alicyclic amines) is 1. The van der Waals surface area contributed by atoms with Crippen molar-refractivity contribution in [2.75, 3.05) is 18.4 Å². The minimum Gasteiger partial charge on any atom is -0.339 e. The summed E-state index contributed by atoms with van der Waals surface area (Å²) in [6.07, 6.45) is 2.58. The van der Waals surface area contributed by atoms with Gasteiger partial charge in [0, 0.05) is 5.69 Å². The largest absolute Gasteiger partial charge is 0.339 e. The fourth-order valence-electron chi connectivity index (χ4n) is 2.87. The molecule has 0 unspecified atom stereocenters. The number of thiophene rings is 1. The van der Waals surface area contributed by atoms with Crippen molar-refractivity contribution >= 4 is 33.1 Å². The van der Waals surface area contributed by atoms with Gasteiger partial charge in [0.15, 0.2) is 5.82 Å². The minimum atomic E-state index is 0.843. The lowest BCUT2D eigenvalue weighted by atomic mass is 10.3. The monoisotopic (exact) mass is 310 g/mol. The Morgan fingerprint density at radius 1 is 1.05 bits per heavy atom. The summed E-state index contributed by atoms with van der Waals surface area (Å²) in [4.78, 5) is 11.9. The molecule has 3 aromatic rings. The van der Waals surface area contributed by atoms with Crippen LogP contribution in [0.4, 0.5) is 11.5 Å². The molecule has 112 valence electrons. The molecule has 5 heteroatoms. The molecule has 0 spiro atoms. The standard InChI is InChI=1S/C17H18N4S/c1-2-6-13(7-3-1)18-17-16-14(8-11-22-16)19-15(20-17)12-21-9-4-5-10-21/h1-3,6-8,11H,4-5,9-10,12H2,(H,18,19,20). The number of para-hydroxylation sites is 1. The SMILES string of the molecule is c1ccc(Nc2nc(CN3CCCC3)nc3ccsc23)cc1. The number of hydrogen-bond acceptors (Lipinski definition) is 5. The molecular formula is C17H18N4S. The summed E-state index contributed by atoms with van der Waals surface area (Å²) in [5.41, 5.74) is 2.09. The van der Waals surface area contributed by atoms with Gasteiger partial charge in [-0.3, -0.25) is 4.90 Å². The highest BCUT2D eigenvalue weighted by Crippen LogP contribution is 2.28. The van der Waals surface area contributed by atoms with Gasteiger partial charge >= 0.3 is 0 Å². The Labute approximate surface area is 133 Å². The van der Waals surface area contributed by atoms with E-state index in [0.29, 0.717) is 0 Å². The molecule has 0 saturated carbocycles. The van der Waals surface area contributed by atoms with E-state index in [4.69, 9.17) is 9.97 Å². The van der Waals surface area contributed by atoms with Gasteiger partial charge < -0.3 is 5.32 Å². The maximum absolute atomic E-state index is 4.78. The van der Waals surface area contributed by atoms with E-state index in [9.17, 15) is 0 Å². The molecule has 4 nitrogen and oxygen atoms in total. The highest BCUT2D eigenvalue weighted by atomic mass is 32.1. The number of nitrogens with zero attached hydrogens (tertiary/aromatic N) is 3. The van der Waals surface area contributed by atoms with Crippen molar-refractivity contribution in [3.63, 3.8) is 0 Å². The van der Waals surface area contributed by atoms with Crippen LogP contribution in [0.2, 0.25) is 0 Å². The molecule has 0 radical (unpaired) electrons. The maximum atomic E-state index is 4.78. The van der Waals surface area contributed by atoms with Crippen LogP contribution < -0.4 is 5.32 Å². The lowest BCUT2D eigenvalue weighted by Crippen LogP contribution is -2.20. The zero-order valence-electron chi connectivity index (χ0n) is 12.3. The van der Waals surface area contributed by atoms with Gasteiger partial charge in [0.05, 0.1) is 16.8 Å². The Hall–Kier alpha value is -1.98. The predicted octanol–water partition coefficient (Wildman–Crippen LogP) is 4.03. The Morgan fingerprint density at radius 3 is 2.68 bits per heavy atom. The summed E-state index contributed by atoms with van der Waals surface area (Å²) in [7, 11) is 0. The quantitative estimate of drug-likeness (QED) is 0.790. The van der Waals surface area contributed by atoms with E-state index < -0.39 is 0 Å². The lowest BCUT2D eigenvalue weighted by Gasteiger charge is -2.14. The highest BCUT2D eigenvalue weighted by molar-refractivity contribution is 7.17. The number of hydrogen-bond donors (Lipinski definition) is 1. The van der Waals surface area contributed by atoms with E-state index in [-0.39, 0.29) is 0 Å². The first kappa shape index (κ1) is 13.7. The number of nitrogens with one attached hydrogen (secondary N) is 1. The van der Waals surface area contributed by atoms with Crippen molar-refractivity contribution in [3.05, 3.63) is 47.6 Å². The number of benzene rings is 1. The first-order valence-corrected chi connectivity index (χ1v) is 8.55. The average Bonchev–Trinajstić information content (AvgIpc) is 3.20. The van der Waals surface area contributed by atoms with E-state index in [1.165, 1.54) is 12.8 Å². The number of rotatable bonds is 4. The molecule has 1 saturated heterocycles. The minimum absolute atomic E-state index is 0.843. The summed E-state index contributed by atoms with van der Waals surface area (Å²) in [5.74, 6) is 1.83. The molecule has 0 bridgehead atoms. The summed E-state index contributed by atoms with van der Waals surface area (Å²) < 4.78 is 1.12. The van der Waals surface area contributed by atoms with Gasteiger partial charge in [0.1, 0.15) is 5.82 Å².